The summed E-state index contributed by atoms with van der Waals surface area (Å²) < 4.78 is 0. The standard InChI is InChI=1S/C21H26N2O2/c1-5-23(15-19(24)22-21(2,3)4)20(25)18-13-11-17(12-14-18)16-9-7-6-8-10-16/h6-14H,5,15H2,1-4H3,(H,22,24). The molecular formula is C21H26N2O2. The Bertz CT molecular complexity index is 716. The van der Waals surface area contributed by atoms with Crippen LogP contribution in [-0.4, -0.2) is 35.3 Å². The van der Waals surface area contributed by atoms with Crippen LogP contribution in [0.15, 0.2) is 54.6 Å². The molecule has 1 N–H and O–H groups in total. The van der Waals surface area contributed by atoms with Crippen LogP contribution in [0.2, 0.25) is 0 Å². The Morgan fingerprint density at radius 1 is 0.920 bits per heavy atom. The highest BCUT2D eigenvalue weighted by Gasteiger charge is 2.20. The SMILES string of the molecule is CCN(CC(=O)NC(C)(C)C)C(=O)c1ccc(-c2ccccc2)cc1. The van der Waals surface area contributed by atoms with Crippen LogP contribution in [0.1, 0.15) is 38.1 Å². The van der Waals surface area contributed by atoms with E-state index in [1.54, 1.807) is 4.90 Å². The summed E-state index contributed by atoms with van der Waals surface area (Å²) in [5.41, 5.74) is 2.45. The molecule has 2 rings (SSSR count). The van der Waals surface area contributed by atoms with E-state index in [0.29, 0.717) is 12.1 Å². The number of hydrogen-bond acceptors (Lipinski definition) is 2. The van der Waals surface area contributed by atoms with Gasteiger partial charge in [0.05, 0.1) is 6.54 Å². The van der Waals surface area contributed by atoms with E-state index in [1.165, 1.54) is 0 Å². The fourth-order valence-corrected chi connectivity index (χ4v) is 2.58. The van der Waals surface area contributed by atoms with E-state index in [1.807, 2.05) is 82.3 Å². The Kier molecular flexibility index (Phi) is 5.97. The highest BCUT2D eigenvalue weighted by Crippen LogP contribution is 2.19. The van der Waals surface area contributed by atoms with Crippen molar-refractivity contribution in [2.45, 2.75) is 33.2 Å². The molecule has 0 bridgehead atoms. The monoisotopic (exact) mass is 338 g/mol. The molecule has 0 aliphatic carbocycles. The van der Waals surface area contributed by atoms with E-state index >= 15 is 0 Å². The van der Waals surface area contributed by atoms with E-state index in [-0.39, 0.29) is 23.9 Å². The maximum absolute atomic E-state index is 12.7. The second-order valence-electron chi connectivity index (χ2n) is 7.06. The smallest absolute Gasteiger partial charge is 0.254 e. The topological polar surface area (TPSA) is 49.4 Å². The lowest BCUT2D eigenvalue weighted by atomic mass is 10.0. The summed E-state index contributed by atoms with van der Waals surface area (Å²) in [6.07, 6.45) is 0. The van der Waals surface area contributed by atoms with Gasteiger partial charge in [-0.25, -0.2) is 0 Å². The summed E-state index contributed by atoms with van der Waals surface area (Å²) in [6, 6.07) is 17.5. The zero-order chi connectivity index (χ0) is 18.4. The number of carbonyl (C=O) groups is 2. The molecule has 4 heteroatoms. The molecule has 0 radical (unpaired) electrons. The van der Waals surface area contributed by atoms with Gasteiger partial charge < -0.3 is 10.2 Å². The van der Waals surface area contributed by atoms with Crippen LogP contribution in [0.3, 0.4) is 0 Å². The van der Waals surface area contributed by atoms with Crippen molar-refractivity contribution < 1.29 is 9.59 Å². The first-order chi connectivity index (χ1) is 11.8. The van der Waals surface area contributed by atoms with E-state index in [4.69, 9.17) is 0 Å². The predicted octanol–water partition coefficient (Wildman–Crippen LogP) is 3.73. The summed E-state index contributed by atoms with van der Waals surface area (Å²) in [6.45, 7) is 8.19. The molecule has 0 spiro atoms. The molecule has 0 aromatic heterocycles. The van der Waals surface area contributed by atoms with Gasteiger partial charge >= 0.3 is 0 Å². The zero-order valence-corrected chi connectivity index (χ0v) is 15.4. The molecule has 25 heavy (non-hydrogen) atoms. The summed E-state index contributed by atoms with van der Waals surface area (Å²) in [5.74, 6) is -0.283. The Balaban J connectivity index is 2.08. The van der Waals surface area contributed by atoms with Crippen molar-refractivity contribution in [2.24, 2.45) is 0 Å². The molecular weight excluding hydrogens is 312 g/mol. The number of carbonyl (C=O) groups excluding carboxylic acids is 2. The van der Waals surface area contributed by atoms with Crippen LogP contribution >= 0.6 is 0 Å². The lowest BCUT2D eigenvalue weighted by Gasteiger charge is -2.25. The number of likely N-dealkylation sites (N-methyl/N-ethyl adjacent to an activating group) is 1. The lowest BCUT2D eigenvalue weighted by Crippen LogP contribution is -2.47. The number of amides is 2. The van der Waals surface area contributed by atoms with Gasteiger partial charge in [0.1, 0.15) is 0 Å². The number of benzene rings is 2. The molecule has 132 valence electrons. The van der Waals surface area contributed by atoms with E-state index < -0.39 is 0 Å². The van der Waals surface area contributed by atoms with Crippen molar-refractivity contribution in [3.05, 3.63) is 60.2 Å². The first-order valence-corrected chi connectivity index (χ1v) is 8.56. The fourth-order valence-electron chi connectivity index (χ4n) is 2.58. The van der Waals surface area contributed by atoms with Gasteiger partial charge in [0, 0.05) is 17.6 Å². The zero-order valence-electron chi connectivity index (χ0n) is 15.4. The molecule has 0 aliphatic heterocycles. The molecule has 2 amide bonds. The second-order valence-corrected chi connectivity index (χ2v) is 7.06. The van der Waals surface area contributed by atoms with Gasteiger partial charge in [-0.05, 0) is 51.0 Å². The van der Waals surface area contributed by atoms with Gasteiger partial charge in [-0.2, -0.15) is 0 Å². The van der Waals surface area contributed by atoms with Crippen molar-refractivity contribution in [1.29, 1.82) is 0 Å². The number of nitrogens with zero attached hydrogens (tertiary/aromatic N) is 1. The molecule has 2 aromatic rings. The molecule has 2 aromatic carbocycles. The molecule has 0 heterocycles. The molecule has 4 nitrogen and oxygen atoms in total. The minimum absolute atomic E-state index is 0.0625. The molecule has 0 atom stereocenters. The van der Waals surface area contributed by atoms with Crippen molar-refractivity contribution >= 4 is 11.8 Å². The highest BCUT2D eigenvalue weighted by atomic mass is 16.2. The molecule has 0 aliphatic rings. The van der Waals surface area contributed by atoms with Crippen molar-refractivity contribution in [2.75, 3.05) is 13.1 Å². The summed E-state index contributed by atoms with van der Waals surface area (Å²) >= 11 is 0. The summed E-state index contributed by atoms with van der Waals surface area (Å²) in [7, 11) is 0. The van der Waals surface area contributed by atoms with Crippen molar-refractivity contribution in [3.8, 4) is 11.1 Å². The maximum atomic E-state index is 12.7. The van der Waals surface area contributed by atoms with Gasteiger partial charge in [0.2, 0.25) is 5.91 Å². The van der Waals surface area contributed by atoms with E-state index in [2.05, 4.69) is 5.32 Å². The Labute approximate surface area is 149 Å². The minimum atomic E-state index is -0.309. The predicted molar refractivity (Wildman–Crippen MR) is 101 cm³/mol. The first-order valence-electron chi connectivity index (χ1n) is 8.56. The Hall–Kier alpha value is -2.62. The van der Waals surface area contributed by atoms with Crippen LogP contribution in [0.4, 0.5) is 0 Å². The van der Waals surface area contributed by atoms with Crippen LogP contribution < -0.4 is 5.32 Å². The molecule has 0 saturated heterocycles. The minimum Gasteiger partial charge on any atom is -0.350 e. The quantitative estimate of drug-likeness (QED) is 0.903. The van der Waals surface area contributed by atoms with E-state index in [9.17, 15) is 9.59 Å². The van der Waals surface area contributed by atoms with Gasteiger partial charge in [0.15, 0.2) is 0 Å². The number of rotatable bonds is 5. The average molecular weight is 338 g/mol. The largest absolute Gasteiger partial charge is 0.350 e. The average Bonchev–Trinajstić information content (AvgIpc) is 2.58. The van der Waals surface area contributed by atoms with E-state index in [0.717, 1.165) is 11.1 Å². The third-order valence-electron chi connectivity index (χ3n) is 3.76. The molecule has 0 unspecified atom stereocenters. The fraction of sp³-hybridized carbons (Fsp3) is 0.333. The number of nitrogens with one attached hydrogen (secondary N) is 1. The van der Waals surface area contributed by atoms with Crippen LogP contribution in [-0.2, 0) is 4.79 Å². The van der Waals surface area contributed by atoms with Gasteiger partial charge in [-0.1, -0.05) is 42.5 Å². The van der Waals surface area contributed by atoms with Crippen LogP contribution in [0.5, 0.6) is 0 Å². The third-order valence-corrected chi connectivity index (χ3v) is 3.76. The Morgan fingerprint density at radius 2 is 1.48 bits per heavy atom. The van der Waals surface area contributed by atoms with Gasteiger partial charge in [-0.15, -0.1) is 0 Å². The van der Waals surface area contributed by atoms with Crippen molar-refractivity contribution in [1.82, 2.24) is 10.2 Å². The van der Waals surface area contributed by atoms with Crippen molar-refractivity contribution in [3.63, 3.8) is 0 Å². The summed E-state index contributed by atoms with van der Waals surface area (Å²) in [5, 5.41) is 2.89. The van der Waals surface area contributed by atoms with Gasteiger partial charge in [-0.3, -0.25) is 9.59 Å². The summed E-state index contributed by atoms with van der Waals surface area (Å²) in [4.78, 5) is 26.3. The highest BCUT2D eigenvalue weighted by molar-refractivity contribution is 5.97. The Morgan fingerprint density at radius 3 is 2.00 bits per heavy atom. The van der Waals surface area contributed by atoms with Crippen LogP contribution in [0.25, 0.3) is 11.1 Å². The number of hydrogen-bond donors (Lipinski definition) is 1. The normalized spacial score (nSPS) is 11.0. The van der Waals surface area contributed by atoms with Gasteiger partial charge in [0.25, 0.3) is 5.91 Å². The molecule has 0 fully saturated rings. The molecule has 0 saturated carbocycles. The lowest BCUT2D eigenvalue weighted by molar-refractivity contribution is -0.123. The third kappa shape index (κ3) is 5.45. The maximum Gasteiger partial charge on any atom is 0.254 e. The van der Waals surface area contributed by atoms with Crippen LogP contribution in [0, 0.1) is 0 Å². The second kappa shape index (κ2) is 7.97. The first kappa shape index (κ1) is 18.7.